The first-order valence-electron chi connectivity index (χ1n) is 14.5. The lowest BCUT2D eigenvalue weighted by molar-refractivity contribution is -0.0700. The summed E-state index contributed by atoms with van der Waals surface area (Å²) < 4.78 is 20.6. The summed E-state index contributed by atoms with van der Waals surface area (Å²) in [6, 6.07) is 24.1. The number of fused-ring (bicyclic) bond motifs is 1. The van der Waals surface area contributed by atoms with Crippen molar-refractivity contribution in [3.63, 3.8) is 0 Å². The van der Waals surface area contributed by atoms with E-state index in [-0.39, 0.29) is 6.29 Å². The van der Waals surface area contributed by atoms with Crippen LogP contribution in [0.1, 0.15) is 52.2 Å². The first-order valence-corrected chi connectivity index (χ1v) is 15.3. The SMILES string of the molecule is O=C(O)c1ccc(Br)c(CN2CCC(c3cn(CCCOC4=COC(Cc5ccccc5)O4)c4ccccc34)CC2)c1. The van der Waals surface area contributed by atoms with Crippen LogP contribution < -0.4 is 0 Å². The van der Waals surface area contributed by atoms with Gasteiger partial charge in [0.05, 0.1) is 12.2 Å². The first-order chi connectivity index (χ1) is 20.5. The molecule has 1 unspecified atom stereocenters. The smallest absolute Gasteiger partial charge is 0.335 e. The van der Waals surface area contributed by atoms with Gasteiger partial charge in [0.1, 0.15) is 0 Å². The topological polar surface area (TPSA) is 73.2 Å². The molecular weight excluding hydrogens is 596 g/mol. The van der Waals surface area contributed by atoms with Gasteiger partial charge in [-0.05, 0) is 79.2 Å². The predicted molar refractivity (Wildman–Crippen MR) is 165 cm³/mol. The molecule has 4 aromatic rings. The van der Waals surface area contributed by atoms with E-state index in [9.17, 15) is 9.90 Å². The van der Waals surface area contributed by atoms with Gasteiger partial charge in [0.25, 0.3) is 0 Å². The molecule has 3 aromatic carbocycles. The van der Waals surface area contributed by atoms with Gasteiger partial charge in [-0.1, -0.05) is 64.5 Å². The van der Waals surface area contributed by atoms with Crippen LogP contribution in [0.5, 0.6) is 0 Å². The van der Waals surface area contributed by atoms with E-state index in [1.165, 1.54) is 16.5 Å². The predicted octanol–water partition coefficient (Wildman–Crippen LogP) is 7.30. The van der Waals surface area contributed by atoms with Crippen LogP contribution >= 0.6 is 15.9 Å². The van der Waals surface area contributed by atoms with Crippen molar-refractivity contribution >= 4 is 32.8 Å². The lowest BCUT2D eigenvalue weighted by Crippen LogP contribution is -2.32. The van der Waals surface area contributed by atoms with Gasteiger partial charge in [0, 0.05) is 41.1 Å². The maximum Gasteiger partial charge on any atom is 0.335 e. The lowest BCUT2D eigenvalue weighted by atomic mass is 9.89. The number of para-hydroxylation sites is 1. The summed E-state index contributed by atoms with van der Waals surface area (Å²) in [5.74, 6) is 0.0477. The zero-order valence-electron chi connectivity index (χ0n) is 23.5. The quantitative estimate of drug-likeness (QED) is 0.175. The van der Waals surface area contributed by atoms with Crippen LogP contribution in [-0.4, -0.2) is 46.5 Å². The minimum Gasteiger partial charge on any atom is -0.478 e. The van der Waals surface area contributed by atoms with Gasteiger partial charge >= 0.3 is 11.9 Å². The molecule has 8 heteroatoms. The van der Waals surface area contributed by atoms with Gasteiger partial charge in [-0.25, -0.2) is 4.79 Å². The molecule has 7 nitrogen and oxygen atoms in total. The van der Waals surface area contributed by atoms with Crippen LogP contribution in [0.2, 0.25) is 0 Å². The van der Waals surface area contributed by atoms with Crippen molar-refractivity contribution in [2.45, 2.75) is 51.0 Å². The highest BCUT2D eigenvalue weighted by Crippen LogP contribution is 2.35. The van der Waals surface area contributed by atoms with Gasteiger partial charge in [-0.15, -0.1) is 0 Å². The third-order valence-electron chi connectivity index (χ3n) is 8.13. The van der Waals surface area contributed by atoms with Gasteiger partial charge in [-0.2, -0.15) is 0 Å². The first kappa shape index (κ1) is 28.4. The molecule has 218 valence electrons. The van der Waals surface area contributed by atoms with E-state index in [1.807, 2.05) is 24.3 Å². The summed E-state index contributed by atoms with van der Waals surface area (Å²) in [7, 11) is 0. The molecule has 0 spiro atoms. The number of aromatic carboxylic acids is 1. The summed E-state index contributed by atoms with van der Waals surface area (Å²) in [5, 5.41) is 10.7. The zero-order chi connectivity index (χ0) is 28.9. The Morgan fingerprint density at radius 2 is 1.81 bits per heavy atom. The molecule has 2 aliphatic rings. The summed E-state index contributed by atoms with van der Waals surface area (Å²) in [6.07, 6.45) is 7.24. The Hall–Kier alpha value is -3.75. The molecule has 0 amide bonds. The number of hydrogen-bond acceptors (Lipinski definition) is 5. The van der Waals surface area contributed by atoms with Gasteiger partial charge in [0.2, 0.25) is 6.29 Å². The Balaban J connectivity index is 1.01. The highest BCUT2D eigenvalue weighted by atomic mass is 79.9. The fourth-order valence-corrected chi connectivity index (χ4v) is 6.32. The number of carboxylic acid groups (broad SMARTS) is 1. The van der Waals surface area contributed by atoms with E-state index in [4.69, 9.17) is 14.2 Å². The Morgan fingerprint density at radius 1 is 1.02 bits per heavy atom. The van der Waals surface area contributed by atoms with E-state index >= 15 is 0 Å². The van der Waals surface area contributed by atoms with Crippen LogP contribution in [-0.2, 0) is 33.7 Å². The maximum atomic E-state index is 11.4. The molecule has 1 N–H and O–H groups in total. The van der Waals surface area contributed by atoms with Gasteiger partial charge in [0.15, 0.2) is 6.26 Å². The number of benzene rings is 3. The molecule has 42 heavy (non-hydrogen) atoms. The fraction of sp³-hybridized carbons (Fsp3) is 0.324. The lowest BCUT2D eigenvalue weighted by Gasteiger charge is -2.32. The van der Waals surface area contributed by atoms with E-state index < -0.39 is 5.97 Å². The Morgan fingerprint density at radius 3 is 2.62 bits per heavy atom. The van der Waals surface area contributed by atoms with Crippen LogP contribution in [0.3, 0.4) is 0 Å². The number of ether oxygens (including phenoxy) is 3. The molecule has 1 aromatic heterocycles. The number of aromatic nitrogens is 1. The number of carbonyl (C=O) groups is 1. The maximum absolute atomic E-state index is 11.4. The standard InChI is InChI=1S/C34H35BrN2O5/c35-30-12-11-26(34(38)39)20-27(30)21-36-16-13-25(14-17-36)29-22-37(31-10-5-4-9-28(29)31)15-6-18-40-33-23-41-32(42-33)19-24-7-2-1-3-8-24/h1-5,7-12,20,22-23,25,32H,6,13-19,21H2,(H,38,39). The number of piperidine rings is 1. The fourth-order valence-electron chi connectivity index (χ4n) is 5.95. The number of hydrogen-bond donors (Lipinski definition) is 1. The summed E-state index contributed by atoms with van der Waals surface area (Å²) in [5.41, 5.74) is 5.18. The average molecular weight is 632 g/mol. The van der Waals surface area contributed by atoms with E-state index in [2.05, 4.69) is 68.0 Å². The number of likely N-dealkylation sites (tertiary alicyclic amines) is 1. The van der Waals surface area contributed by atoms with Gasteiger partial charge in [-0.3, -0.25) is 4.90 Å². The van der Waals surface area contributed by atoms with Gasteiger partial charge < -0.3 is 23.9 Å². The molecule has 0 saturated carbocycles. The second-order valence-electron chi connectivity index (χ2n) is 11.0. The van der Waals surface area contributed by atoms with Crippen molar-refractivity contribution in [3.8, 4) is 0 Å². The molecule has 0 aliphatic carbocycles. The number of nitrogens with zero attached hydrogens (tertiary/aromatic N) is 2. The summed E-state index contributed by atoms with van der Waals surface area (Å²) in [4.78, 5) is 13.8. The highest BCUT2D eigenvalue weighted by molar-refractivity contribution is 9.10. The third-order valence-corrected chi connectivity index (χ3v) is 8.90. The largest absolute Gasteiger partial charge is 0.478 e. The summed E-state index contributed by atoms with van der Waals surface area (Å²) in [6.45, 7) is 4.10. The van der Waals surface area contributed by atoms with Crippen molar-refractivity contribution in [2.75, 3.05) is 19.7 Å². The number of rotatable bonds is 11. The van der Waals surface area contributed by atoms with Crippen LogP contribution in [0, 0.1) is 0 Å². The Labute approximate surface area is 254 Å². The summed E-state index contributed by atoms with van der Waals surface area (Å²) >= 11 is 3.60. The van der Waals surface area contributed by atoms with Crippen LogP contribution in [0.4, 0.5) is 0 Å². The van der Waals surface area contributed by atoms with Crippen molar-refractivity contribution in [1.29, 1.82) is 0 Å². The average Bonchev–Trinajstić information content (AvgIpc) is 3.61. The normalized spacial score (nSPS) is 17.5. The second kappa shape index (κ2) is 13.0. The molecule has 1 fully saturated rings. The van der Waals surface area contributed by atoms with Crippen molar-refractivity contribution < 1.29 is 24.1 Å². The Bertz CT molecular complexity index is 1560. The monoisotopic (exact) mass is 630 g/mol. The van der Waals surface area contributed by atoms with Crippen molar-refractivity contribution in [1.82, 2.24) is 9.47 Å². The molecule has 6 rings (SSSR count). The number of carboxylic acids is 1. The van der Waals surface area contributed by atoms with Crippen LogP contribution in [0.25, 0.3) is 10.9 Å². The molecular formula is C34H35BrN2O5. The van der Waals surface area contributed by atoms with Crippen molar-refractivity contribution in [2.24, 2.45) is 0 Å². The Kier molecular flexibility index (Phi) is 8.81. The van der Waals surface area contributed by atoms with E-state index in [0.717, 1.165) is 61.0 Å². The van der Waals surface area contributed by atoms with E-state index in [0.29, 0.717) is 30.5 Å². The highest BCUT2D eigenvalue weighted by Gasteiger charge is 2.25. The minimum atomic E-state index is -0.893. The van der Waals surface area contributed by atoms with E-state index in [1.54, 1.807) is 18.4 Å². The number of aryl methyl sites for hydroxylation is 1. The molecule has 2 aliphatic heterocycles. The third kappa shape index (κ3) is 6.66. The van der Waals surface area contributed by atoms with Crippen LogP contribution in [0.15, 0.2) is 95.7 Å². The molecule has 0 radical (unpaired) electrons. The molecule has 1 saturated heterocycles. The molecule has 1 atom stereocenters. The second-order valence-corrected chi connectivity index (χ2v) is 11.8. The zero-order valence-corrected chi connectivity index (χ0v) is 25.0. The minimum absolute atomic E-state index is 0.328. The number of halogens is 1. The van der Waals surface area contributed by atoms with Crippen molar-refractivity contribution in [3.05, 3.63) is 118 Å². The molecule has 3 heterocycles. The molecule has 0 bridgehead atoms.